The zero-order chi connectivity index (χ0) is 15.3. The monoisotopic (exact) mass is 297 g/mol. The van der Waals surface area contributed by atoms with E-state index < -0.39 is 21.0 Å². The average molecular weight is 297 g/mol. The van der Waals surface area contributed by atoms with E-state index >= 15 is 0 Å². The first-order valence-corrected chi connectivity index (χ1v) is 8.49. The molecule has 1 aromatic rings. The molecular weight excluding hydrogens is 274 g/mol. The molecule has 0 spiro atoms. The molecule has 0 aromatic heterocycles. The highest BCUT2D eigenvalue weighted by atomic mass is 32.2. The summed E-state index contributed by atoms with van der Waals surface area (Å²) in [6.45, 7) is 7.74. The Labute approximate surface area is 121 Å². The molecule has 0 saturated heterocycles. The number of rotatable bonds is 6. The number of carbonyl (C=O) groups is 1. The van der Waals surface area contributed by atoms with Crippen molar-refractivity contribution in [1.29, 1.82) is 0 Å². The van der Waals surface area contributed by atoms with Gasteiger partial charge < -0.3 is 5.32 Å². The van der Waals surface area contributed by atoms with Crippen LogP contribution in [0.4, 0.5) is 0 Å². The number of carbonyl (C=O) groups excluding carboxylic acids is 1. The molecule has 0 saturated carbocycles. The first-order chi connectivity index (χ1) is 9.24. The molecule has 1 rings (SSSR count). The van der Waals surface area contributed by atoms with Gasteiger partial charge in [0, 0.05) is 6.54 Å². The summed E-state index contributed by atoms with van der Waals surface area (Å²) < 4.78 is 24.6. The molecular formula is C15H23NO3S. The lowest BCUT2D eigenvalue weighted by Gasteiger charge is -2.15. The van der Waals surface area contributed by atoms with Crippen LogP contribution in [0.25, 0.3) is 0 Å². The SMILES string of the molecule is Cc1ccccc1CS(=O)(=O)C(C)C(=O)NCC(C)C. The van der Waals surface area contributed by atoms with Crippen LogP contribution in [0.3, 0.4) is 0 Å². The van der Waals surface area contributed by atoms with E-state index in [2.05, 4.69) is 5.32 Å². The molecule has 0 radical (unpaired) electrons. The maximum Gasteiger partial charge on any atom is 0.238 e. The number of amides is 1. The van der Waals surface area contributed by atoms with E-state index in [1.165, 1.54) is 6.92 Å². The highest BCUT2D eigenvalue weighted by Crippen LogP contribution is 2.15. The normalized spacial score (nSPS) is 13.2. The maximum atomic E-state index is 12.3. The molecule has 1 amide bonds. The van der Waals surface area contributed by atoms with Gasteiger partial charge in [0.05, 0.1) is 5.75 Å². The van der Waals surface area contributed by atoms with Crippen molar-refractivity contribution in [2.24, 2.45) is 5.92 Å². The van der Waals surface area contributed by atoms with Gasteiger partial charge in [0.25, 0.3) is 0 Å². The molecule has 0 aliphatic heterocycles. The van der Waals surface area contributed by atoms with Crippen molar-refractivity contribution in [2.45, 2.75) is 38.7 Å². The maximum absolute atomic E-state index is 12.3. The van der Waals surface area contributed by atoms with Crippen LogP contribution in [0.5, 0.6) is 0 Å². The lowest BCUT2D eigenvalue weighted by atomic mass is 10.1. The van der Waals surface area contributed by atoms with E-state index in [-0.39, 0.29) is 5.75 Å². The van der Waals surface area contributed by atoms with E-state index in [4.69, 9.17) is 0 Å². The summed E-state index contributed by atoms with van der Waals surface area (Å²) in [5.41, 5.74) is 1.67. The Morgan fingerprint density at radius 3 is 2.35 bits per heavy atom. The summed E-state index contributed by atoms with van der Waals surface area (Å²) >= 11 is 0. The molecule has 4 nitrogen and oxygen atoms in total. The van der Waals surface area contributed by atoms with Crippen LogP contribution in [-0.2, 0) is 20.4 Å². The minimum atomic E-state index is -3.50. The quantitative estimate of drug-likeness (QED) is 0.874. The Morgan fingerprint density at radius 1 is 1.20 bits per heavy atom. The Morgan fingerprint density at radius 2 is 1.80 bits per heavy atom. The Balaban J connectivity index is 2.78. The molecule has 0 heterocycles. The van der Waals surface area contributed by atoms with Crippen LogP contribution in [0.2, 0.25) is 0 Å². The summed E-state index contributed by atoms with van der Waals surface area (Å²) in [4.78, 5) is 11.9. The van der Waals surface area contributed by atoms with E-state index in [1.807, 2.05) is 32.9 Å². The van der Waals surface area contributed by atoms with Gasteiger partial charge in [-0.2, -0.15) is 0 Å². The molecule has 5 heteroatoms. The molecule has 1 atom stereocenters. The minimum Gasteiger partial charge on any atom is -0.355 e. The highest BCUT2D eigenvalue weighted by Gasteiger charge is 2.28. The molecule has 20 heavy (non-hydrogen) atoms. The third-order valence-corrected chi connectivity index (χ3v) is 5.22. The first-order valence-electron chi connectivity index (χ1n) is 6.78. The number of sulfone groups is 1. The third-order valence-electron chi connectivity index (χ3n) is 3.21. The zero-order valence-electron chi connectivity index (χ0n) is 12.5. The summed E-state index contributed by atoms with van der Waals surface area (Å²) in [7, 11) is -3.50. The summed E-state index contributed by atoms with van der Waals surface area (Å²) in [5, 5.41) is 1.64. The van der Waals surface area contributed by atoms with Crippen molar-refractivity contribution in [1.82, 2.24) is 5.32 Å². The van der Waals surface area contributed by atoms with Crippen molar-refractivity contribution in [2.75, 3.05) is 6.54 Å². The summed E-state index contributed by atoms with van der Waals surface area (Å²) in [6, 6.07) is 7.32. The van der Waals surface area contributed by atoms with Gasteiger partial charge in [0.15, 0.2) is 9.84 Å². The lowest BCUT2D eigenvalue weighted by molar-refractivity contribution is -0.120. The standard InChI is InChI=1S/C15H23NO3S/c1-11(2)9-16-15(17)13(4)20(18,19)10-14-8-6-5-7-12(14)3/h5-8,11,13H,9-10H2,1-4H3,(H,16,17). The van der Waals surface area contributed by atoms with Crippen LogP contribution in [-0.4, -0.2) is 26.1 Å². The summed E-state index contributed by atoms with van der Waals surface area (Å²) in [5.74, 6) is -0.229. The third kappa shape index (κ3) is 4.63. The van der Waals surface area contributed by atoms with Crippen molar-refractivity contribution in [3.05, 3.63) is 35.4 Å². The molecule has 0 aliphatic rings. The van der Waals surface area contributed by atoms with Gasteiger partial charge in [-0.1, -0.05) is 38.1 Å². The Bertz CT molecular complexity index is 564. The minimum absolute atomic E-state index is 0.101. The molecule has 0 aliphatic carbocycles. The van der Waals surface area contributed by atoms with Crippen molar-refractivity contribution in [3.63, 3.8) is 0 Å². The van der Waals surface area contributed by atoms with Gasteiger partial charge in [0.1, 0.15) is 5.25 Å². The molecule has 1 unspecified atom stereocenters. The second-order valence-corrected chi connectivity index (χ2v) is 7.84. The first kappa shape index (κ1) is 16.7. The Hall–Kier alpha value is -1.36. The molecule has 1 aromatic carbocycles. The second kappa shape index (κ2) is 6.88. The fourth-order valence-corrected chi connectivity index (χ4v) is 3.14. The van der Waals surface area contributed by atoms with Gasteiger partial charge in [0.2, 0.25) is 5.91 Å². The largest absolute Gasteiger partial charge is 0.355 e. The van der Waals surface area contributed by atoms with E-state index in [0.717, 1.165) is 11.1 Å². The molecule has 0 fully saturated rings. The van der Waals surface area contributed by atoms with Gasteiger partial charge in [-0.3, -0.25) is 4.79 Å². The molecule has 1 N–H and O–H groups in total. The van der Waals surface area contributed by atoms with E-state index in [9.17, 15) is 13.2 Å². The second-order valence-electron chi connectivity index (χ2n) is 5.51. The fraction of sp³-hybridized carbons (Fsp3) is 0.533. The van der Waals surface area contributed by atoms with Crippen molar-refractivity contribution in [3.8, 4) is 0 Å². The van der Waals surface area contributed by atoms with Gasteiger partial charge in [-0.05, 0) is 30.9 Å². The smallest absolute Gasteiger partial charge is 0.238 e. The van der Waals surface area contributed by atoms with Crippen LogP contribution in [0.15, 0.2) is 24.3 Å². The van der Waals surface area contributed by atoms with Crippen LogP contribution in [0.1, 0.15) is 31.9 Å². The fourth-order valence-electron chi connectivity index (χ4n) is 1.73. The number of aryl methyl sites for hydroxylation is 1. The predicted octanol–water partition coefficient (Wildman–Crippen LogP) is 2.07. The topological polar surface area (TPSA) is 63.2 Å². The number of hydrogen-bond acceptors (Lipinski definition) is 3. The Kier molecular flexibility index (Phi) is 5.74. The van der Waals surface area contributed by atoms with Crippen LogP contribution < -0.4 is 5.32 Å². The number of hydrogen-bond donors (Lipinski definition) is 1. The van der Waals surface area contributed by atoms with Crippen LogP contribution >= 0.6 is 0 Å². The zero-order valence-corrected chi connectivity index (χ0v) is 13.3. The predicted molar refractivity (Wildman–Crippen MR) is 81.1 cm³/mol. The highest BCUT2D eigenvalue weighted by molar-refractivity contribution is 7.92. The average Bonchev–Trinajstić information content (AvgIpc) is 2.37. The summed E-state index contributed by atoms with van der Waals surface area (Å²) in [6.07, 6.45) is 0. The van der Waals surface area contributed by atoms with E-state index in [1.54, 1.807) is 12.1 Å². The molecule has 112 valence electrons. The molecule has 0 bridgehead atoms. The van der Waals surface area contributed by atoms with Crippen molar-refractivity contribution >= 4 is 15.7 Å². The number of nitrogens with one attached hydrogen (secondary N) is 1. The van der Waals surface area contributed by atoms with Gasteiger partial charge >= 0.3 is 0 Å². The van der Waals surface area contributed by atoms with E-state index in [0.29, 0.717) is 12.5 Å². The number of benzene rings is 1. The van der Waals surface area contributed by atoms with Gasteiger partial charge in [-0.25, -0.2) is 8.42 Å². The lowest BCUT2D eigenvalue weighted by Crippen LogP contribution is -2.40. The van der Waals surface area contributed by atoms with Crippen LogP contribution in [0, 0.1) is 12.8 Å². The van der Waals surface area contributed by atoms with Gasteiger partial charge in [-0.15, -0.1) is 0 Å². The van der Waals surface area contributed by atoms with Crippen molar-refractivity contribution < 1.29 is 13.2 Å².